The Morgan fingerprint density at radius 3 is 2.78 bits per heavy atom. The summed E-state index contributed by atoms with van der Waals surface area (Å²) < 4.78 is 19.7. The van der Waals surface area contributed by atoms with Crippen LogP contribution in [0, 0.1) is 5.82 Å². The zero-order valence-electron chi connectivity index (χ0n) is 12.3. The zero-order valence-corrected chi connectivity index (χ0v) is 13.1. The lowest BCUT2D eigenvalue weighted by Crippen LogP contribution is -2.12. The van der Waals surface area contributed by atoms with Crippen molar-refractivity contribution in [2.24, 2.45) is 0 Å². The molecule has 0 unspecified atom stereocenters. The van der Waals surface area contributed by atoms with Crippen LogP contribution in [0.25, 0.3) is 10.2 Å². The Bertz CT molecular complexity index is 786. The molecular weight excluding hydrogens is 315 g/mol. The second-order valence-electron chi connectivity index (χ2n) is 4.92. The average molecular weight is 330 g/mol. The number of para-hydroxylation sites is 2. The van der Waals surface area contributed by atoms with Gasteiger partial charge in [0.15, 0.2) is 16.7 Å². The van der Waals surface area contributed by atoms with E-state index in [0.29, 0.717) is 18.0 Å². The molecule has 3 rings (SSSR count). The Morgan fingerprint density at radius 2 is 1.96 bits per heavy atom. The second-order valence-corrected chi connectivity index (χ2v) is 5.95. The molecule has 0 aliphatic rings. The fourth-order valence-corrected chi connectivity index (χ4v) is 2.97. The third-order valence-corrected chi connectivity index (χ3v) is 4.13. The van der Waals surface area contributed by atoms with Crippen molar-refractivity contribution >= 4 is 32.6 Å². The van der Waals surface area contributed by atoms with E-state index in [1.54, 1.807) is 18.2 Å². The molecule has 0 atom stereocenters. The van der Waals surface area contributed by atoms with Crippen molar-refractivity contribution in [3.8, 4) is 5.75 Å². The van der Waals surface area contributed by atoms with Gasteiger partial charge < -0.3 is 10.1 Å². The standard InChI is InChI=1S/C17H15FN2O2S/c18-12-6-1-3-8-14(12)22-11-5-10-16(21)20-17-19-13-7-2-4-9-15(13)23-17/h1-4,6-9H,5,10-11H2,(H,19,20,21). The van der Waals surface area contributed by atoms with Crippen molar-refractivity contribution in [1.82, 2.24) is 4.98 Å². The minimum Gasteiger partial charge on any atom is -0.491 e. The van der Waals surface area contributed by atoms with Gasteiger partial charge in [-0.15, -0.1) is 0 Å². The number of carbonyl (C=O) groups is 1. The normalized spacial score (nSPS) is 10.7. The number of benzene rings is 2. The molecule has 1 heterocycles. The number of halogens is 1. The van der Waals surface area contributed by atoms with Gasteiger partial charge in [0.1, 0.15) is 0 Å². The molecule has 23 heavy (non-hydrogen) atoms. The Morgan fingerprint density at radius 1 is 1.17 bits per heavy atom. The summed E-state index contributed by atoms with van der Waals surface area (Å²) in [6, 6.07) is 13.9. The average Bonchev–Trinajstić information content (AvgIpc) is 2.95. The van der Waals surface area contributed by atoms with Crippen molar-refractivity contribution in [3.05, 3.63) is 54.3 Å². The number of hydrogen-bond acceptors (Lipinski definition) is 4. The van der Waals surface area contributed by atoms with E-state index in [-0.39, 0.29) is 18.3 Å². The molecule has 0 bridgehead atoms. The van der Waals surface area contributed by atoms with Crippen LogP contribution in [0.2, 0.25) is 0 Å². The summed E-state index contributed by atoms with van der Waals surface area (Å²) in [6.07, 6.45) is 0.801. The molecule has 6 heteroatoms. The highest BCUT2D eigenvalue weighted by molar-refractivity contribution is 7.22. The first-order valence-electron chi connectivity index (χ1n) is 7.25. The zero-order chi connectivity index (χ0) is 16.1. The van der Waals surface area contributed by atoms with Gasteiger partial charge in [0, 0.05) is 6.42 Å². The summed E-state index contributed by atoms with van der Waals surface area (Å²) in [5, 5.41) is 3.37. The van der Waals surface area contributed by atoms with E-state index in [0.717, 1.165) is 10.2 Å². The van der Waals surface area contributed by atoms with Crippen LogP contribution < -0.4 is 10.1 Å². The number of ether oxygens (including phenoxy) is 1. The van der Waals surface area contributed by atoms with Gasteiger partial charge in [-0.3, -0.25) is 4.79 Å². The van der Waals surface area contributed by atoms with E-state index in [1.807, 2.05) is 24.3 Å². The molecule has 0 fully saturated rings. The number of fused-ring (bicyclic) bond motifs is 1. The summed E-state index contributed by atoms with van der Waals surface area (Å²) in [4.78, 5) is 16.2. The Kier molecular flexibility index (Phi) is 4.83. The van der Waals surface area contributed by atoms with Crippen LogP contribution in [0.1, 0.15) is 12.8 Å². The van der Waals surface area contributed by atoms with Gasteiger partial charge in [0.25, 0.3) is 0 Å². The predicted molar refractivity (Wildman–Crippen MR) is 89.4 cm³/mol. The third-order valence-electron chi connectivity index (χ3n) is 3.18. The van der Waals surface area contributed by atoms with Gasteiger partial charge in [-0.25, -0.2) is 9.37 Å². The van der Waals surface area contributed by atoms with Gasteiger partial charge >= 0.3 is 0 Å². The van der Waals surface area contributed by atoms with E-state index in [1.165, 1.54) is 17.4 Å². The predicted octanol–water partition coefficient (Wildman–Crippen LogP) is 4.23. The molecule has 3 aromatic rings. The minimum absolute atomic E-state index is 0.124. The van der Waals surface area contributed by atoms with Crippen LogP contribution in [-0.4, -0.2) is 17.5 Å². The van der Waals surface area contributed by atoms with Crippen LogP contribution >= 0.6 is 11.3 Å². The number of nitrogens with zero attached hydrogens (tertiary/aromatic N) is 1. The molecule has 0 saturated carbocycles. The van der Waals surface area contributed by atoms with Crippen molar-refractivity contribution < 1.29 is 13.9 Å². The maximum absolute atomic E-state index is 13.4. The molecule has 1 amide bonds. The smallest absolute Gasteiger partial charge is 0.226 e. The summed E-state index contributed by atoms with van der Waals surface area (Å²) in [5.74, 6) is -0.313. The van der Waals surface area contributed by atoms with Crippen LogP contribution in [-0.2, 0) is 4.79 Å². The van der Waals surface area contributed by atoms with Crippen molar-refractivity contribution in [1.29, 1.82) is 0 Å². The van der Waals surface area contributed by atoms with E-state index >= 15 is 0 Å². The fraction of sp³-hybridized carbons (Fsp3) is 0.176. The Balaban J connectivity index is 1.45. The maximum atomic E-state index is 13.4. The van der Waals surface area contributed by atoms with Crippen molar-refractivity contribution in [2.45, 2.75) is 12.8 Å². The Labute approximate surface area is 136 Å². The molecule has 0 spiro atoms. The molecule has 1 aromatic heterocycles. The van der Waals surface area contributed by atoms with E-state index < -0.39 is 5.82 Å². The summed E-state index contributed by atoms with van der Waals surface area (Å²) in [7, 11) is 0. The maximum Gasteiger partial charge on any atom is 0.226 e. The molecule has 118 valence electrons. The highest BCUT2D eigenvalue weighted by Gasteiger charge is 2.08. The SMILES string of the molecule is O=C(CCCOc1ccccc1F)Nc1nc2ccccc2s1. The number of hydrogen-bond donors (Lipinski definition) is 1. The highest BCUT2D eigenvalue weighted by Crippen LogP contribution is 2.25. The quantitative estimate of drug-likeness (QED) is 0.688. The number of carbonyl (C=O) groups excluding carboxylic acids is 1. The summed E-state index contributed by atoms with van der Waals surface area (Å²) in [5.41, 5.74) is 0.871. The third kappa shape index (κ3) is 4.04. The number of amides is 1. The molecular formula is C17H15FN2O2S. The van der Waals surface area contributed by atoms with Crippen LogP contribution in [0.3, 0.4) is 0 Å². The fourth-order valence-electron chi connectivity index (χ4n) is 2.08. The van der Waals surface area contributed by atoms with Gasteiger partial charge in [-0.2, -0.15) is 0 Å². The minimum atomic E-state index is -0.397. The molecule has 0 saturated heterocycles. The van der Waals surface area contributed by atoms with Crippen molar-refractivity contribution in [3.63, 3.8) is 0 Å². The van der Waals surface area contributed by atoms with Crippen LogP contribution in [0.4, 0.5) is 9.52 Å². The monoisotopic (exact) mass is 330 g/mol. The van der Waals surface area contributed by atoms with Gasteiger partial charge in [-0.1, -0.05) is 35.6 Å². The van der Waals surface area contributed by atoms with E-state index in [2.05, 4.69) is 10.3 Å². The Hall–Kier alpha value is -2.47. The van der Waals surface area contributed by atoms with Crippen LogP contribution in [0.5, 0.6) is 5.75 Å². The number of nitrogens with one attached hydrogen (secondary N) is 1. The van der Waals surface area contributed by atoms with Crippen molar-refractivity contribution in [2.75, 3.05) is 11.9 Å². The van der Waals surface area contributed by atoms with E-state index in [4.69, 9.17) is 4.74 Å². The van der Waals surface area contributed by atoms with Gasteiger partial charge in [-0.05, 0) is 30.7 Å². The molecule has 0 aliphatic heterocycles. The van der Waals surface area contributed by atoms with Gasteiger partial charge in [0.05, 0.1) is 16.8 Å². The first-order valence-corrected chi connectivity index (χ1v) is 8.07. The van der Waals surface area contributed by atoms with Gasteiger partial charge in [0.2, 0.25) is 5.91 Å². The van der Waals surface area contributed by atoms with E-state index in [9.17, 15) is 9.18 Å². The number of anilines is 1. The number of thiazole rings is 1. The molecule has 0 radical (unpaired) electrons. The second kappa shape index (κ2) is 7.19. The largest absolute Gasteiger partial charge is 0.491 e. The summed E-state index contributed by atoms with van der Waals surface area (Å²) in [6.45, 7) is 0.286. The molecule has 0 aliphatic carbocycles. The van der Waals surface area contributed by atoms with Crippen LogP contribution in [0.15, 0.2) is 48.5 Å². The topological polar surface area (TPSA) is 51.2 Å². The highest BCUT2D eigenvalue weighted by atomic mass is 32.1. The first kappa shape index (κ1) is 15.4. The number of rotatable bonds is 6. The molecule has 2 aromatic carbocycles. The first-order chi connectivity index (χ1) is 11.2. The number of aromatic nitrogens is 1. The lowest BCUT2D eigenvalue weighted by molar-refractivity contribution is -0.116. The summed E-state index contributed by atoms with van der Waals surface area (Å²) >= 11 is 1.44. The molecule has 4 nitrogen and oxygen atoms in total. The molecule has 1 N–H and O–H groups in total. The lowest BCUT2D eigenvalue weighted by Gasteiger charge is -2.06. The lowest BCUT2D eigenvalue weighted by atomic mass is 10.3.